The first-order valence-electron chi connectivity index (χ1n) is 9.46. The van der Waals surface area contributed by atoms with Gasteiger partial charge in [-0.3, -0.25) is 9.59 Å². The van der Waals surface area contributed by atoms with Crippen LogP contribution in [0.5, 0.6) is 0 Å². The Morgan fingerprint density at radius 1 is 1.21 bits per heavy atom. The number of amides is 2. The summed E-state index contributed by atoms with van der Waals surface area (Å²) in [6, 6.07) is 14.1. The molecule has 29 heavy (non-hydrogen) atoms. The number of hydrogen-bond acceptors (Lipinski definition) is 4. The molecular formula is C22H23ClN2O4. The van der Waals surface area contributed by atoms with Crippen LogP contribution in [-0.2, 0) is 14.3 Å². The summed E-state index contributed by atoms with van der Waals surface area (Å²) in [5.74, 6) is -0.966. The van der Waals surface area contributed by atoms with Crippen molar-refractivity contribution in [2.75, 3.05) is 25.1 Å². The highest BCUT2D eigenvalue weighted by molar-refractivity contribution is 6.34. The molecule has 6 nitrogen and oxygen atoms in total. The smallest absolute Gasteiger partial charge is 0.338 e. The first-order chi connectivity index (χ1) is 13.9. The highest BCUT2D eigenvalue weighted by atomic mass is 35.5. The Balaban J connectivity index is 1.63. The van der Waals surface area contributed by atoms with Crippen molar-refractivity contribution in [2.24, 2.45) is 0 Å². The number of benzene rings is 2. The molecule has 2 amide bonds. The number of likely N-dealkylation sites (N-methyl/N-ethyl adjacent to an activating group) is 1. The summed E-state index contributed by atoms with van der Waals surface area (Å²) < 4.78 is 5.20. The quantitative estimate of drug-likeness (QED) is 0.673. The van der Waals surface area contributed by atoms with Gasteiger partial charge in [-0.2, -0.15) is 0 Å². The van der Waals surface area contributed by atoms with Gasteiger partial charge in [0.1, 0.15) is 0 Å². The number of hydrogen-bond donors (Lipinski definition) is 0. The monoisotopic (exact) mass is 414 g/mol. The van der Waals surface area contributed by atoms with Crippen LogP contribution in [-0.4, -0.2) is 42.9 Å². The van der Waals surface area contributed by atoms with Crippen molar-refractivity contribution >= 4 is 35.1 Å². The van der Waals surface area contributed by atoms with Gasteiger partial charge in [0.2, 0.25) is 5.91 Å². The van der Waals surface area contributed by atoms with E-state index in [9.17, 15) is 14.4 Å². The van der Waals surface area contributed by atoms with Crippen molar-refractivity contribution in [3.8, 4) is 0 Å². The SMILES string of the molecule is C[C@H](c1ccccc1)N(C)C(=O)COC(=O)c1ccc(Cl)c(N2CCCC2=O)c1. The van der Waals surface area contributed by atoms with E-state index < -0.39 is 5.97 Å². The molecule has 0 radical (unpaired) electrons. The summed E-state index contributed by atoms with van der Waals surface area (Å²) >= 11 is 6.20. The second kappa shape index (κ2) is 9.09. The third-order valence-corrected chi connectivity index (χ3v) is 5.45. The van der Waals surface area contributed by atoms with Gasteiger partial charge in [-0.25, -0.2) is 4.79 Å². The number of esters is 1. The zero-order valence-corrected chi connectivity index (χ0v) is 17.2. The number of ether oxygens (including phenoxy) is 1. The number of nitrogens with zero attached hydrogens (tertiary/aromatic N) is 2. The lowest BCUT2D eigenvalue weighted by molar-refractivity contribution is -0.135. The zero-order chi connectivity index (χ0) is 21.0. The van der Waals surface area contributed by atoms with Crippen molar-refractivity contribution in [1.82, 2.24) is 4.90 Å². The van der Waals surface area contributed by atoms with Gasteiger partial charge in [-0.15, -0.1) is 0 Å². The molecule has 2 aromatic rings. The number of carbonyl (C=O) groups is 3. The number of anilines is 1. The van der Waals surface area contributed by atoms with Gasteiger partial charge in [-0.05, 0) is 37.1 Å². The molecule has 0 spiro atoms. The minimum Gasteiger partial charge on any atom is -0.452 e. The van der Waals surface area contributed by atoms with E-state index in [1.54, 1.807) is 22.9 Å². The van der Waals surface area contributed by atoms with Gasteiger partial charge < -0.3 is 14.5 Å². The predicted molar refractivity (Wildman–Crippen MR) is 111 cm³/mol. The van der Waals surface area contributed by atoms with E-state index in [0.717, 1.165) is 12.0 Å². The van der Waals surface area contributed by atoms with Crippen molar-refractivity contribution < 1.29 is 19.1 Å². The third kappa shape index (κ3) is 4.77. The molecule has 2 aromatic carbocycles. The molecule has 0 unspecified atom stereocenters. The summed E-state index contributed by atoms with van der Waals surface area (Å²) in [6.07, 6.45) is 1.22. The molecule has 0 aliphatic carbocycles. The molecular weight excluding hydrogens is 392 g/mol. The molecule has 1 atom stereocenters. The normalized spacial score (nSPS) is 14.6. The average Bonchev–Trinajstić information content (AvgIpc) is 3.17. The van der Waals surface area contributed by atoms with Crippen LogP contribution in [0.1, 0.15) is 41.7 Å². The highest BCUT2D eigenvalue weighted by Crippen LogP contribution is 2.30. The molecule has 3 rings (SSSR count). The Morgan fingerprint density at radius 3 is 2.59 bits per heavy atom. The first kappa shape index (κ1) is 20.9. The van der Waals surface area contributed by atoms with Crippen LogP contribution in [0.3, 0.4) is 0 Å². The third-order valence-electron chi connectivity index (χ3n) is 5.13. The van der Waals surface area contributed by atoms with Crippen molar-refractivity contribution in [3.05, 3.63) is 64.7 Å². The van der Waals surface area contributed by atoms with Crippen LogP contribution in [0.2, 0.25) is 5.02 Å². The van der Waals surface area contributed by atoms with Crippen LogP contribution >= 0.6 is 11.6 Å². The number of carbonyl (C=O) groups excluding carboxylic acids is 3. The second-order valence-corrected chi connectivity index (χ2v) is 7.39. The maximum Gasteiger partial charge on any atom is 0.338 e. The maximum atomic E-state index is 12.4. The minimum atomic E-state index is -0.635. The van der Waals surface area contributed by atoms with Crippen LogP contribution < -0.4 is 4.90 Å². The van der Waals surface area contributed by atoms with E-state index in [1.807, 2.05) is 37.3 Å². The van der Waals surface area contributed by atoms with E-state index in [2.05, 4.69) is 0 Å². The number of halogens is 1. The molecule has 1 heterocycles. The molecule has 0 bridgehead atoms. The Kier molecular flexibility index (Phi) is 6.54. The van der Waals surface area contributed by atoms with Crippen LogP contribution in [0, 0.1) is 0 Å². The van der Waals surface area contributed by atoms with E-state index in [1.165, 1.54) is 12.1 Å². The fourth-order valence-corrected chi connectivity index (χ4v) is 3.45. The average molecular weight is 415 g/mol. The van der Waals surface area contributed by atoms with E-state index in [4.69, 9.17) is 16.3 Å². The first-order valence-corrected chi connectivity index (χ1v) is 9.84. The van der Waals surface area contributed by atoms with Gasteiger partial charge in [0, 0.05) is 20.0 Å². The topological polar surface area (TPSA) is 66.9 Å². The number of rotatable bonds is 6. The maximum absolute atomic E-state index is 12.4. The van der Waals surface area contributed by atoms with E-state index >= 15 is 0 Å². The lowest BCUT2D eigenvalue weighted by Gasteiger charge is -2.25. The van der Waals surface area contributed by atoms with Crippen LogP contribution in [0.4, 0.5) is 5.69 Å². The van der Waals surface area contributed by atoms with E-state index in [0.29, 0.717) is 23.7 Å². The van der Waals surface area contributed by atoms with Gasteiger partial charge in [0.05, 0.1) is 22.3 Å². The minimum absolute atomic E-state index is 0.0240. The Hall–Kier alpha value is -2.86. The predicted octanol–water partition coefficient (Wildman–Crippen LogP) is 3.84. The zero-order valence-electron chi connectivity index (χ0n) is 16.4. The molecule has 1 aliphatic rings. The molecule has 1 fully saturated rings. The molecule has 1 saturated heterocycles. The summed E-state index contributed by atoms with van der Waals surface area (Å²) in [4.78, 5) is 40.0. The second-order valence-electron chi connectivity index (χ2n) is 6.98. The van der Waals surface area contributed by atoms with Crippen LogP contribution in [0.15, 0.2) is 48.5 Å². The highest BCUT2D eigenvalue weighted by Gasteiger charge is 2.25. The lowest BCUT2D eigenvalue weighted by atomic mass is 10.1. The van der Waals surface area contributed by atoms with Crippen molar-refractivity contribution in [1.29, 1.82) is 0 Å². The largest absolute Gasteiger partial charge is 0.452 e. The van der Waals surface area contributed by atoms with Crippen LogP contribution in [0.25, 0.3) is 0 Å². The Morgan fingerprint density at radius 2 is 1.93 bits per heavy atom. The van der Waals surface area contributed by atoms with Gasteiger partial charge in [0.15, 0.2) is 6.61 Å². The Bertz CT molecular complexity index is 916. The van der Waals surface area contributed by atoms with E-state index in [-0.39, 0.29) is 30.0 Å². The molecule has 0 N–H and O–H groups in total. The van der Waals surface area contributed by atoms with Gasteiger partial charge >= 0.3 is 5.97 Å². The standard InChI is InChI=1S/C22H23ClN2O4/c1-15(16-7-4-3-5-8-16)24(2)21(27)14-29-22(28)17-10-11-18(23)19(13-17)25-12-6-9-20(25)26/h3-5,7-8,10-11,13,15H,6,9,12,14H2,1-2H3/t15-/m1/s1. The van der Waals surface area contributed by atoms with Crippen molar-refractivity contribution in [3.63, 3.8) is 0 Å². The van der Waals surface area contributed by atoms with Gasteiger partial charge in [0.25, 0.3) is 5.91 Å². The lowest BCUT2D eigenvalue weighted by Crippen LogP contribution is -2.33. The van der Waals surface area contributed by atoms with Gasteiger partial charge in [-0.1, -0.05) is 41.9 Å². The fraction of sp³-hybridized carbons (Fsp3) is 0.318. The fourth-order valence-electron chi connectivity index (χ4n) is 3.23. The summed E-state index contributed by atoms with van der Waals surface area (Å²) in [6.45, 7) is 2.11. The molecule has 0 aromatic heterocycles. The molecule has 152 valence electrons. The molecule has 0 saturated carbocycles. The van der Waals surface area contributed by atoms with Crippen molar-refractivity contribution in [2.45, 2.75) is 25.8 Å². The molecule has 7 heteroatoms. The summed E-state index contributed by atoms with van der Waals surface area (Å²) in [5.41, 5.74) is 1.73. The Labute approximate surface area is 175 Å². The summed E-state index contributed by atoms with van der Waals surface area (Å²) in [7, 11) is 1.67. The summed E-state index contributed by atoms with van der Waals surface area (Å²) in [5, 5.41) is 0.393. The molecule has 1 aliphatic heterocycles.